The second kappa shape index (κ2) is 17.2. The van der Waals surface area contributed by atoms with Gasteiger partial charge in [-0.15, -0.1) is 0 Å². The number of benzene rings is 4. The molecule has 1 atom stereocenters. The predicted molar refractivity (Wildman–Crippen MR) is 178 cm³/mol. The van der Waals surface area contributed by atoms with E-state index in [4.69, 9.17) is 21.4 Å². The molecular weight excluding hydrogens is 657 g/mol. The van der Waals surface area contributed by atoms with E-state index >= 15 is 0 Å². The molecule has 260 valence electrons. The number of hydrogen-bond donors (Lipinski definition) is 5. The number of carbonyl (C=O) groups is 5. The van der Waals surface area contributed by atoms with Gasteiger partial charge in [-0.3, -0.25) is 14.4 Å². The number of carboxylic acid groups (broad SMARTS) is 2. The molecule has 0 bridgehead atoms. The molecule has 0 radical (unpaired) electrons. The van der Waals surface area contributed by atoms with Crippen LogP contribution in [0.1, 0.15) is 60.7 Å². The Morgan fingerprint density at radius 3 is 1.88 bits per heavy atom. The lowest BCUT2D eigenvalue weighted by atomic mass is 10.1. The number of hydrogen-bond acceptors (Lipinski definition) is 6. The Morgan fingerprint density at radius 1 is 0.800 bits per heavy atom. The number of carboxylic acids is 2. The van der Waals surface area contributed by atoms with Crippen molar-refractivity contribution in [1.82, 2.24) is 9.88 Å². The van der Waals surface area contributed by atoms with Crippen molar-refractivity contribution in [3.05, 3.63) is 143 Å². The van der Waals surface area contributed by atoms with Crippen LogP contribution in [0.2, 0.25) is 0 Å². The number of alkyl halides is 3. The quantitative estimate of drug-likeness (QED) is 0.128. The van der Waals surface area contributed by atoms with Crippen LogP contribution in [0.4, 0.5) is 13.2 Å². The summed E-state index contributed by atoms with van der Waals surface area (Å²) in [6.07, 6.45) is -3.29. The van der Waals surface area contributed by atoms with Crippen LogP contribution < -0.4 is 16.8 Å². The summed E-state index contributed by atoms with van der Waals surface area (Å²) in [5, 5.41) is 19.7. The van der Waals surface area contributed by atoms with Gasteiger partial charge >= 0.3 is 18.1 Å². The van der Waals surface area contributed by atoms with Gasteiger partial charge < -0.3 is 31.6 Å². The summed E-state index contributed by atoms with van der Waals surface area (Å²) in [7, 11) is 0. The molecule has 11 nitrogen and oxygen atoms in total. The second-order valence-corrected chi connectivity index (χ2v) is 10.6. The summed E-state index contributed by atoms with van der Waals surface area (Å²) >= 11 is 0. The van der Waals surface area contributed by atoms with Gasteiger partial charge in [0.25, 0.3) is 11.8 Å². The minimum Gasteiger partial charge on any atom is -0.479 e. The lowest BCUT2D eigenvalue weighted by molar-refractivity contribution is -0.192. The maximum absolute atomic E-state index is 12.2. The number of primary amides is 1. The van der Waals surface area contributed by atoms with Crippen molar-refractivity contribution >= 4 is 40.4 Å². The Morgan fingerprint density at radius 2 is 1.36 bits per heavy atom. The van der Waals surface area contributed by atoms with Gasteiger partial charge in [-0.2, -0.15) is 13.2 Å². The van der Waals surface area contributed by atoms with Gasteiger partial charge in [-0.25, -0.2) is 9.59 Å². The van der Waals surface area contributed by atoms with Crippen LogP contribution in [0.15, 0.2) is 109 Å². The van der Waals surface area contributed by atoms with Crippen LogP contribution in [-0.2, 0) is 22.7 Å². The molecule has 1 aromatic heterocycles. The largest absolute Gasteiger partial charge is 0.490 e. The summed E-state index contributed by atoms with van der Waals surface area (Å²) in [6, 6.07) is 29.5. The molecule has 1 heterocycles. The van der Waals surface area contributed by atoms with Crippen LogP contribution in [0.3, 0.4) is 0 Å². The maximum atomic E-state index is 12.2. The van der Waals surface area contributed by atoms with E-state index in [2.05, 4.69) is 5.32 Å². The number of Topliss-reactive ketones (excluding diaryl/α,β-unsaturated/α-hetero) is 1. The molecule has 0 aliphatic heterocycles. The van der Waals surface area contributed by atoms with Gasteiger partial charge in [0.1, 0.15) is 0 Å². The first-order chi connectivity index (χ1) is 23.6. The zero-order valence-electron chi connectivity index (χ0n) is 26.6. The van der Waals surface area contributed by atoms with Gasteiger partial charge in [-0.1, -0.05) is 84.9 Å². The van der Waals surface area contributed by atoms with E-state index in [0.717, 1.165) is 16.5 Å². The molecular formula is C36H33F3N4O7. The first-order valence-electron chi connectivity index (χ1n) is 14.8. The predicted octanol–water partition coefficient (Wildman–Crippen LogP) is 5.33. The topological polar surface area (TPSA) is 195 Å². The molecule has 5 rings (SSSR count). The molecule has 0 spiro atoms. The van der Waals surface area contributed by atoms with E-state index in [1.807, 2.05) is 47.0 Å². The number of carbonyl (C=O) groups excluding carboxylic acids is 3. The molecule has 0 saturated carbocycles. The number of aromatic nitrogens is 1. The fourth-order valence-corrected chi connectivity index (χ4v) is 4.73. The smallest absolute Gasteiger partial charge is 0.479 e. The zero-order valence-corrected chi connectivity index (χ0v) is 26.6. The van der Waals surface area contributed by atoms with Crippen molar-refractivity contribution in [3.8, 4) is 0 Å². The van der Waals surface area contributed by atoms with E-state index in [1.165, 1.54) is 6.92 Å². The number of para-hydroxylation sites is 1. The van der Waals surface area contributed by atoms with E-state index < -0.39 is 36.0 Å². The Bertz CT molecular complexity index is 1980. The Hall–Kier alpha value is -6.28. The van der Waals surface area contributed by atoms with Crippen molar-refractivity contribution < 1.29 is 47.4 Å². The molecule has 0 saturated heterocycles. The van der Waals surface area contributed by atoms with Crippen molar-refractivity contribution in [2.24, 2.45) is 11.5 Å². The van der Waals surface area contributed by atoms with Crippen molar-refractivity contribution in [2.45, 2.75) is 32.2 Å². The van der Waals surface area contributed by atoms with Crippen LogP contribution in [0, 0.1) is 0 Å². The average molecular weight is 691 g/mol. The molecule has 4 aromatic carbocycles. The van der Waals surface area contributed by atoms with Crippen LogP contribution in [-0.4, -0.2) is 50.5 Å². The minimum atomic E-state index is -5.08. The highest BCUT2D eigenvalue weighted by molar-refractivity contribution is 6.13. The van der Waals surface area contributed by atoms with Gasteiger partial charge in [0.2, 0.25) is 0 Å². The van der Waals surface area contributed by atoms with E-state index in [0.29, 0.717) is 40.9 Å². The summed E-state index contributed by atoms with van der Waals surface area (Å²) in [6.45, 7) is 2.43. The lowest BCUT2D eigenvalue weighted by Crippen LogP contribution is -2.33. The highest BCUT2D eigenvalue weighted by Gasteiger charge is 2.38. The first-order valence-corrected chi connectivity index (χ1v) is 14.8. The number of nitrogens with two attached hydrogens (primary N) is 2. The number of nitrogens with one attached hydrogen (secondary N) is 1. The number of halogens is 3. The number of nitrogens with zero attached hydrogens (tertiary/aromatic N) is 1. The molecule has 0 aliphatic rings. The monoisotopic (exact) mass is 690 g/mol. The number of ketones is 1. The SMILES string of the molecule is CC(=O)c1cn(Cc2ccccc2)c2c(C(N)=O)cccc12.NCc1cccc(C(=O)N[C@@H](C(=O)O)c2ccccc2)c1.O=C(O)C(F)(F)F. The lowest BCUT2D eigenvalue weighted by Gasteiger charge is -2.15. The van der Waals surface area contributed by atoms with E-state index in [-0.39, 0.29) is 5.78 Å². The average Bonchev–Trinajstić information content (AvgIpc) is 3.46. The summed E-state index contributed by atoms with van der Waals surface area (Å²) in [5.74, 6) is -4.83. The molecule has 0 unspecified atom stereocenters. The van der Waals surface area contributed by atoms with Crippen molar-refractivity contribution in [1.29, 1.82) is 0 Å². The molecule has 2 amide bonds. The van der Waals surface area contributed by atoms with Gasteiger partial charge in [-0.05, 0) is 41.8 Å². The first kappa shape index (κ1) is 38.2. The number of aliphatic carboxylic acids is 2. The number of fused-ring (bicyclic) bond motifs is 1. The highest BCUT2D eigenvalue weighted by atomic mass is 19.4. The summed E-state index contributed by atoms with van der Waals surface area (Å²) in [5.41, 5.74) is 15.6. The second-order valence-electron chi connectivity index (χ2n) is 10.6. The fraction of sp³-hybridized carbons (Fsp3) is 0.139. The van der Waals surface area contributed by atoms with Gasteiger partial charge in [0.05, 0.1) is 11.1 Å². The minimum absolute atomic E-state index is 0.0292. The van der Waals surface area contributed by atoms with Crippen LogP contribution in [0.25, 0.3) is 10.9 Å². The van der Waals surface area contributed by atoms with Gasteiger partial charge in [0.15, 0.2) is 11.8 Å². The highest BCUT2D eigenvalue weighted by Crippen LogP contribution is 2.26. The maximum Gasteiger partial charge on any atom is 0.490 e. The number of rotatable bonds is 9. The third kappa shape index (κ3) is 10.4. The van der Waals surface area contributed by atoms with Gasteiger partial charge in [0, 0.05) is 35.8 Å². The summed E-state index contributed by atoms with van der Waals surface area (Å²) < 4.78 is 33.7. The molecule has 50 heavy (non-hydrogen) atoms. The van der Waals surface area contributed by atoms with Crippen LogP contribution in [0.5, 0.6) is 0 Å². The third-order valence-corrected chi connectivity index (χ3v) is 7.06. The van der Waals surface area contributed by atoms with Crippen molar-refractivity contribution in [2.75, 3.05) is 0 Å². The summed E-state index contributed by atoms with van der Waals surface area (Å²) in [4.78, 5) is 56.0. The van der Waals surface area contributed by atoms with E-state index in [1.54, 1.807) is 66.9 Å². The zero-order chi connectivity index (χ0) is 37.0. The molecule has 5 aromatic rings. The van der Waals surface area contributed by atoms with E-state index in [9.17, 15) is 37.5 Å². The molecule has 7 N–H and O–H groups in total. The third-order valence-electron chi connectivity index (χ3n) is 7.06. The Kier molecular flexibility index (Phi) is 13.1. The molecule has 0 aliphatic carbocycles. The molecule has 0 fully saturated rings. The van der Waals surface area contributed by atoms with Crippen LogP contribution >= 0.6 is 0 Å². The Balaban J connectivity index is 0.000000228. The fourth-order valence-electron chi connectivity index (χ4n) is 4.73. The normalized spacial score (nSPS) is 11.2. The van der Waals surface area contributed by atoms with Crippen molar-refractivity contribution in [3.63, 3.8) is 0 Å². The molecule has 14 heteroatoms. The Labute approximate surface area is 283 Å². The number of amides is 2. The standard InChI is InChI=1S/C18H16N2O2.C16H16N2O3.C2HF3O2/c1-12(21)16-11-20(10-13-6-3-2-4-7-13)17-14(16)8-5-9-15(17)18(19)22;17-10-11-5-4-8-13(9-11)15(19)18-14(16(20)21)12-6-2-1-3-7-12;3-2(4,5)1(6)7/h2-9,11H,10H2,1H3,(H2,19,22);1-9,14H,10,17H2,(H,18,19)(H,20,21);(H,6,7)/t;14-;/m.1./s1.